The number of hydrogen-bond donors (Lipinski definition) is 1. The van der Waals surface area contributed by atoms with Crippen LogP contribution in [0.3, 0.4) is 0 Å². The van der Waals surface area contributed by atoms with Gasteiger partial charge in [0.25, 0.3) is 0 Å². The molecule has 1 aliphatic heterocycles. The Morgan fingerprint density at radius 2 is 2.00 bits per heavy atom. The molecule has 122 valence electrons. The van der Waals surface area contributed by atoms with Crippen LogP contribution in [0.4, 0.5) is 0 Å². The van der Waals surface area contributed by atoms with Crippen LogP contribution in [0, 0.1) is 6.92 Å². The summed E-state index contributed by atoms with van der Waals surface area (Å²) in [6.45, 7) is 2.72. The molecule has 1 unspecified atom stereocenters. The largest absolute Gasteiger partial charge is 0.496 e. The Kier molecular flexibility index (Phi) is 4.41. The molecule has 0 aromatic heterocycles. The number of fused-ring (bicyclic) bond motifs is 1. The molecule has 0 bridgehead atoms. The van der Waals surface area contributed by atoms with Crippen LogP contribution in [-0.4, -0.2) is 21.3 Å². The third-order valence-corrected chi connectivity index (χ3v) is 6.13. The number of nitrogens with one attached hydrogen (secondary N) is 1. The molecular formula is C18H21NO3S. The van der Waals surface area contributed by atoms with E-state index in [1.54, 1.807) is 19.2 Å². The van der Waals surface area contributed by atoms with Crippen LogP contribution in [0.15, 0.2) is 47.4 Å². The highest BCUT2D eigenvalue weighted by Crippen LogP contribution is 2.32. The number of ether oxygens (including phenoxy) is 1. The first-order valence-corrected chi connectivity index (χ1v) is 9.35. The fourth-order valence-electron chi connectivity index (χ4n) is 3.09. The van der Waals surface area contributed by atoms with Crippen LogP contribution < -0.4 is 10.1 Å². The Balaban J connectivity index is 1.78. The lowest BCUT2D eigenvalue weighted by Crippen LogP contribution is -2.29. The smallest absolute Gasteiger partial charge is 0.178 e. The van der Waals surface area contributed by atoms with Gasteiger partial charge in [-0.25, -0.2) is 8.42 Å². The predicted octanol–water partition coefficient (Wildman–Crippen LogP) is 3.01. The van der Waals surface area contributed by atoms with Crippen LogP contribution in [0.25, 0.3) is 0 Å². The molecule has 1 aliphatic rings. The zero-order valence-corrected chi connectivity index (χ0v) is 14.2. The van der Waals surface area contributed by atoms with Gasteiger partial charge in [-0.3, -0.25) is 0 Å². The highest BCUT2D eigenvalue weighted by Gasteiger charge is 2.29. The van der Waals surface area contributed by atoms with Crippen molar-refractivity contribution in [3.63, 3.8) is 0 Å². The standard InChI is InChI=1S/C18H21NO3S/c1-13-11-14(7-8-17(13)22-2)12-19-16-9-10-23(20,21)18-6-4-3-5-15(16)18/h3-8,11,16,19H,9-10,12H2,1-2H3. The van der Waals surface area contributed by atoms with E-state index in [-0.39, 0.29) is 11.8 Å². The molecule has 0 aliphatic carbocycles. The number of rotatable bonds is 4. The lowest BCUT2D eigenvalue weighted by atomic mass is 10.0. The van der Waals surface area contributed by atoms with E-state index in [0.29, 0.717) is 17.9 Å². The molecular weight excluding hydrogens is 310 g/mol. The minimum absolute atomic E-state index is 0.0668. The van der Waals surface area contributed by atoms with E-state index in [4.69, 9.17) is 4.74 Å². The summed E-state index contributed by atoms with van der Waals surface area (Å²) in [5.41, 5.74) is 3.14. The highest BCUT2D eigenvalue weighted by molar-refractivity contribution is 7.91. The first-order valence-electron chi connectivity index (χ1n) is 7.70. The molecule has 2 aromatic rings. The number of sulfone groups is 1. The second kappa shape index (κ2) is 6.34. The van der Waals surface area contributed by atoms with Gasteiger partial charge in [0, 0.05) is 12.6 Å². The summed E-state index contributed by atoms with van der Waals surface area (Å²) >= 11 is 0. The van der Waals surface area contributed by atoms with Crippen molar-refractivity contribution in [1.82, 2.24) is 5.32 Å². The lowest BCUT2D eigenvalue weighted by molar-refractivity contribution is 0.411. The summed E-state index contributed by atoms with van der Waals surface area (Å²) in [5.74, 6) is 1.08. The van der Waals surface area contributed by atoms with Crippen molar-refractivity contribution in [1.29, 1.82) is 0 Å². The summed E-state index contributed by atoms with van der Waals surface area (Å²) in [6.07, 6.45) is 0.606. The van der Waals surface area contributed by atoms with Gasteiger partial charge in [-0.15, -0.1) is 0 Å². The number of hydrogen-bond acceptors (Lipinski definition) is 4. The predicted molar refractivity (Wildman–Crippen MR) is 90.4 cm³/mol. The number of benzene rings is 2. The van der Waals surface area contributed by atoms with E-state index in [1.165, 1.54) is 0 Å². The fraction of sp³-hybridized carbons (Fsp3) is 0.333. The molecule has 4 nitrogen and oxygen atoms in total. The fourth-order valence-corrected chi connectivity index (χ4v) is 4.71. The van der Waals surface area contributed by atoms with Crippen LogP contribution in [0.1, 0.15) is 29.2 Å². The van der Waals surface area contributed by atoms with Gasteiger partial charge >= 0.3 is 0 Å². The Morgan fingerprint density at radius 3 is 2.74 bits per heavy atom. The zero-order valence-electron chi connectivity index (χ0n) is 13.4. The minimum Gasteiger partial charge on any atom is -0.496 e. The first-order chi connectivity index (χ1) is 11.0. The van der Waals surface area contributed by atoms with Crippen molar-refractivity contribution < 1.29 is 13.2 Å². The van der Waals surface area contributed by atoms with Crippen molar-refractivity contribution in [2.75, 3.05) is 12.9 Å². The molecule has 0 saturated carbocycles. The van der Waals surface area contributed by atoms with E-state index in [9.17, 15) is 8.42 Å². The molecule has 2 aromatic carbocycles. The molecule has 0 saturated heterocycles. The average Bonchev–Trinajstić information content (AvgIpc) is 2.54. The van der Waals surface area contributed by atoms with Crippen molar-refractivity contribution in [3.8, 4) is 5.75 Å². The maximum Gasteiger partial charge on any atom is 0.178 e. The summed E-state index contributed by atoms with van der Waals surface area (Å²) in [7, 11) is -1.46. The molecule has 0 radical (unpaired) electrons. The topological polar surface area (TPSA) is 55.4 Å². The van der Waals surface area contributed by atoms with Gasteiger partial charge in [-0.1, -0.05) is 30.3 Å². The van der Waals surface area contributed by atoms with Crippen molar-refractivity contribution >= 4 is 9.84 Å². The molecule has 5 heteroatoms. The molecule has 0 fully saturated rings. The third-order valence-electron chi connectivity index (χ3n) is 4.32. The maximum atomic E-state index is 12.2. The normalized spacial score (nSPS) is 19.1. The van der Waals surface area contributed by atoms with Crippen molar-refractivity contribution in [3.05, 3.63) is 59.2 Å². The zero-order chi connectivity index (χ0) is 16.4. The van der Waals surface area contributed by atoms with E-state index in [0.717, 1.165) is 22.4 Å². The third kappa shape index (κ3) is 3.26. The Morgan fingerprint density at radius 1 is 1.22 bits per heavy atom. The van der Waals surface area contributed by atoms with Crippen molar-refractivity contribution in [2.45, 2.75) is 30.8 Å². The summed E-state index contributed by atoms with van der Waals surface area (Å²) < 4.78 is 29.6. The molecule has 0 spiro atoms. The van der Waals surface area contributed by atoms with Crippen molar-refractivity contribution in [2.24, 2.45) is 0 Å². The molecule has 1 atom stereocenters. The highest BCUT2D eigenvalue weighted by atomic mass is 32.2. The SMILES string of the molecule is COc1ccc(CNC2CCS(=O)(=O)c3ccccc32)cc1C. The average molecular weight is 331 g/mol. The quantitative estimate of drug-likeness (QED) is 0.936. The molecule has 0 amide bonds. The molecule has 3 rings (SSSR count). The first kappa shape index (κ1) is 16.0. The van der Waals surface area contributed by atoms with E-state index in [2.05, 4.69) is 11.4 Å². The van der Waals surface area contributed by atoms with Crippen LogP contribution in [0.5, 0.6) is 5.75 Å². The van der Waals surface area contributed by atoms with Gasteiger partial charge < -0.3 is 10.1 Å². The summed E-state index contributed by atoms with van der Waals surface area (Å²) in [6, 6.07) is 13.4. The van der Waals surface area contributed by atoms with Crippen LogP contribution in [0.2, 0.25) is 0 Å². The van der Waals surface area contributed by atoms with E-state index < -0.39 is 9.84 Å². The Hall–Kier alpha value is -1.85. The molecule has 1 N–H and O–H groups in total. The second-order valence-corrected chi connectivity index (χ2v) is 7.96. The van der Waals surface area contributed by atoms with Gasteiger partial charge in [0.05, 0.1) is 17.8 Å². The van der Waals surface area contributed by atoms with Crippen LogP contribution >= 0.6 is 0 Å². The minimum atomic E-state index is -3.13. The lowest BCUT2D eigenvalue weighted by Gasteiger charge is -2.26. The Bertz CT molecular complexity index is 815. The maximum absolute atomic E-state index is 12.2. The van der Waals surface area contributed by atoms with Gasteiger partial charge in [0.1, 0.15) is 5.75 Å². The molecule has 23 heavy (non-hydrogen) atoms. The monoisotopic (exact) mass is 331 g/mol. The van der Waals surface area contributed by atoms with Gasteiger partial charge in [-0.2, -0.15) is 0 Å². The summed E-state index contributed by atoms with van der Waals surface area (Å²) in [5, 5.41) is 3.49. The molecule has 1 heterocycles. The van der Waals surface area contributed by atoms with Gasteiger partial charge in [-0.05, 0) is 42.2 Å². The number of aryl methyl sites for hydroxylation is 1. The van der Waals surface area contributed by atoms with Crippen LogP contribution in [-0.2, 0) is 16.4 Å². The van der Waals surface area contributed by atoms with Gasteiger partial charge in [0.2, 0.25) is 0 Å². The Labute approximate surface area is 137 Å². The number of methoxy groups -OCH3 is 1. The summed E-state index contributed by atoms with van der Waals surface area (Å²) in [4.78, 5) is 0.467. The van der Waals surface area contributed by atoms with E-state index >= 15 is 0 Å². The second-order valence-electron chi connectivity index (χ2n) is 5.88. The van der Waals surface area contributed by atoms with Gasteiger partial charge in [0.15, 0.2) is 9.84 Å². The van der Waals surface area contributed by atoms with E-state index in [1.807, 2.05) is 31.2 Å².